The molecule has 1 aromatic carbocycles. The van der Waals surface area contributed by atoms with Crippen LogP contribution >= 0.6 is 0 Å². The third-order valence-corrected chi connectivity index (χ3v) is 2.84. The molecule has 1 heterocycles. The maximum absolute atomic E-state index is 11.2. The molecule has 108 valence electrons. The summed E-state index contributed by atoms with van der Waals surface area (Å²) in [4.78, 5) is 16.4. The molecule has 0 amide bonds. The van der Waals surface area contributed by atoms with E-state index >= 15 is 0 Å². The van der Waals surface area contributed by atoms with Gasteiger partial charge in [0.15, 0.2) is 6.10 Å². The van der Waals surface area contributed by atoms with Gasteiger partial charge in [-0.1, -0.05) is 42.4 Å². The van der Waals surface area contributed by atoms with E-state index in [0.29, 0.717) is 25.3 Å². The van der Waals surface area contributed by atoms with Gasteiger partial charge in [-0.25, -0.2) is 0 Å². The Labute approximate surface area is 118 Å². The van der Waals surface area contributed by atoms with Crippen LogP contribution in [0.25, 0.3) is 0 Å². The van der Waals surface area contributed by atoms with Gasteiger partial charge < -0.3 is 14.3 Å². The lowest BCUT2D eigenvalue weighted by Gasteiger charge is -2.08. The maximum atomic E-state index is 11.2. The highest BCUT2D eigenvalue weighted by Gasteiger charge is 2.23. The van der Waals surface area contributed by atoms with E-state index in [9.17, 15) is 4.79 Å². The van der Waals surface area contributed by atoms with Gasteiger partial charge in [0.25, 0.3) is 0 Å². The van der Waals surface area contributed by atoms with Crippen LogP contribution in [0.5, 0.6) is 0 Å². The summed E-state index contributed by atoms with van der Waals surface area (Å²) in [5.74, 6) is 0.347. The molecule has 0 saturated carbocycles. The molecule has 0 spiro atoms. The van der Waals surface area contributed by atoms with Crippen molar-refractivity contribution >= 4 is 11.9 Å². The molecule has 0 N–H and O–H groups in total. The van der Waals surface area contributed by atoms with E-state index in [1.54, 1.807) is 0 Å². The van der Waals surface area contributed by atoms with Crippen LogP contribution in [-0.4, -0.2) is 24.6 Å². The molecule has 0 saturated heterocycles. The van der Waals surface area contributed by atoms with Crippen LogP contribution in [0.4, 0.5) is 0 Å². The van der Waals surface area contributed by atoms with E-state index in [-0.39, 0.29) is 18.7 Å². The molecule has 0 fully saturated rings. The fourth-order valence-electron chi connectivity index (χ4n) is 1.78. The number of hydrogen-bond donors (Lipinski definition) is 0. The van der Waals surface area contributed by atoms with Crippen molar-refractivity contribution in [3.8, 4) is 0 Å². The molecule has 2 rings (SSSR count). The summed E-state index contributed by atoms with van der Waals surface area (Å²) in [6, 6.07) is 9.85. The van der Waals surface area contributed by atoms with Crippen molar-refractivity contribution < 1.29 is 19.1 Å². The van der Waals surface area contributed by atoms with E-state index in [4.69, 9.17) is 14.3 Å². The largest absolute Gasteiger partial charge is 0.474 e. The van der Waals surface area contributed by atoms with Crippen LogP contribution in [0.15, 0.2) is 35.5 Å². The Morgan fingerprint density at radius 3 is 2.95 bits per heavy atom. The third-order valence-electron chi connectivity index (χ3n) is 2.84. The summed E-state index contributed by atoms with van der Waals surface area (Å²) >= 11 is 0. The zero-order chi connectivity index (χ0) is 14.2. The second-order valence-corrected chi connectivity index (χ2v) is 4.62. The molecule has 1 aliphatic heterocycles. The normalized spacial score (nSPS) is 17.2. The van der Waals surface area contributed by atoms with E-state index in [0.717, 1.165) is 12.0 Å². The van der Waals surface area contributed by atoms with Crippen LogP contribution < -0.4 is 0 Å². The van der Waals surface area contributed by atoms with Gasteiger partial charge in [0.1, 0.15) is 13.2 Å². The number of carbonyl (C=O) groups is 1. The number of ether oxygens (including phenoxy) is 2. The van der Waals surface area contributed by atoms with Gasteiger partial charge in [0, 0.05) is 6.42 Å². The molecule has 1 aromatic rings. The van der Waals surface area contributed by atoms with Gasteiger partial charge in [-0.05, 0) is 12.0 Å². The lowest BCUT2D eigenvalue weighted by atomic mass is 10.2. The number of oxime groups is 1. The third kappa shape index (κ3) is 4.57. The van der Waals surface area contributed by atoms with Crippen molar-refractivity contribution in [2.24, 2.45) is 5.16 Å². The molecule has 0 radical (unpaired) electrons. The average molecular weight is 277 g/mol. The summed E-state index contributed by atoms with van der Waals surface area (Å²) in [7, 11) is 0. The first-order valence-electron chi connectivity index (χ1n) is 6.83. The molecule has 5 nitrogen and oxygen atoms in total. The molecule has 1 unspecified atom stereocenters. The topological polar surface area (TPSA) is 57.1 Å². The summed E-state index contributed by atoms with van der Waals surface area (Å²) < 4.78 is 10.6. The summed E-state index contributed by atoms with van der Waals surface area (Å²) in [6.45, 7) is 2.62. The van der Waals surface area contributed by atoms with Gasteiger partial charge >= 0.3 is 5.97 Å². The first-order valence-corrected chi connectivity index (χ1v) is 6.83. The van der Waals surface area contributed by atoms with Gasteiger partial charge in [0.05, 0.1) is 6.42 Å². The molecule has 0 bridgehead atoms. The first-order chi connectivity index (χ1) is 9.78. The Bertz CT molecular complexity index is 458. The predicted octanol–water partition coefficient (Wildman–Crippen LogP) is 2.65. The predicted molar refractivity (Wildman–Crippen MR) is 74.0 cm³/mol. The minimum Gasteiger partial charge on any atom is -0.474 e. The van der Waals surface area contributed by atoms with E-state index in [2.05, 4.69) is 5.16 Å². The molecule has 5 heteroatoms. The van der Waals surface area contributed by atoms with Gasteiger partial charge in [0.2, 0.25) is 5.90 Å². The van der Waals surface area contributed by atoms with E-state index in [1.807, 2.05) is 37.3 Å². The average Bonchev–Trinajstić information content (AvgIpc) is 2.92. The SMILES string of the molecule is CCCC(=O)OCC1CC(OCc2ccccc2)=NO1. The van der Waals surface area contributed by atoms with Gasteiger partial charge in [-0.3, -0.25) is 4.79 Å². The molecule has 20 heavy (non-hydrogen) atoms. The van der Waals surface area contributed by atoms with Crippen LogP contribution in [0.1, 0.15) is 31.7 Å². The monoisotopic (exact) mass is 277 g/mol. The van der Waals surface area contributed by atoms with Gasteiger partial charge in [-0.15, -0.1) is 0 Å². The van der Waals surface area contributed by atoms with Crippen LogP contribution in [0.2, 0.25) is 0 Å². The molecule has 0 aromatic heterocycles. The van der Waals surface area contributed by atoms with E-state index in [1.165, 1.54) is 0 Å². The van der Waals surface area contributed by atoms with Crippen LogP contribution in [0, 0.1) is 0 Å². The minimum absolute atomic E-state index is 0.199. The summed E-state index contributed by atoms with van der Waals surface area (Å²) in [5.41, 5.74) is 1.08. The Balaban J connectivity index is 1.66. The molecular weight excluding hydrogens is 258 g/mol. The molecule has 1 atom stereocenters. The number of rotatable bonds is 6. The minimum atomic E-state index is -0.235. The number of hydrogen-bond acceptors (Lipinski definition) is 5. The second kappa shape index (κ2) is 7.53. The van der Waals surface area contributed by atoms with Gasteiger partial charge in [-0.2, -0.15) is 0 Å². The fraction of sp³-hybridized carbons (Fsp3) is 0.467. The maximum Gasteiger partial charge on any atom is 0.305 e. The standard InChI is InChI=1S/C15H19NO4/c1-2-6-15(17)19-11-13-9-14(16-20-13)18-10-12-7-4-3-5-8-12/h3-5,7-8,13H,2,6,9-11H2,1H3. The smallest absolute Gasteiger partial charge is 0.305 e. The number of benzene rings is 1. The zero-order valence-corrected chi connectivity index (χ0v) is 11.6. The van der Waals surface area contributed by atoms with Crippen molar-refractivity contribution in [2.75, 3.05) is 6.61 Å². The Kier molecular flexibility index (Phi) is 5.41. The van der Waals surface area contributed by atoms with Crippen LogP contribution in [0.3, 0.4) is 0 Å². The highest BCUT2D eigenvalue weighted by Crippen LogP contribution is 2.13. The number of esters is 1. The lowest BCUT2D eigenvalue weighted by molar-refractivity contribution is -0.147. The number of nitrogens with zero attached hydrogens (tertiary/aromatic N) is 1. The Morgan fingerprint density at radius 2 is 2.20 bits per heavy atom. The Morgan fingerprint density at radius 1 is 1.40 bits per heavy atom. The second-order valence-electron chi connectivity index (χ2n) is 4.62. The van der Waals surface area contributed by atoms with Crippen molar-refractivity contribution in [1.82, 2.24) is 0 Å². The highest BCUT2D eigenvalue weighted by molar-refractivity contribution is 5.77. The highest BCUT2D eigenvalue weighted by atomic mass is 16.7. The van der Waals surface area contributed by atoms with Crippen molar-refractivity contribution in [3.63, 3.8) is 0 Å². The summed E-state index contributed by atoms with van der Waals surface area (Å²) in [5, 5.41) is 3.86. The lowest BCUT2D eigenvalue weighted by Crippen LogP contribution is -2.19. The van der Waals surface area contributed by atoms with Crippen molar-refractivity contribution in [2.45, 2.75) is 38.9 Å². The first kappa shape index (κ1) is 14.4. The Hall–Kier alpha value is -2.04. The number of carbonyl (C=O) groups excluding carboxylic acids is 1. The van der Waals surface area contributed by atoms with Crippen molar-refractivity contribution in [3.05, 3.63) is 35.9 Å². The molecule has 0 aliphatic carbocycles. The zero-order valence-electron chi connectivity index (χ0n) is 11.6. The molecular formula is C15H19NO4. The summed E-state index contributed by atoms with van der Waals surface area (Å²) in [6.07, 6.45) is 1.52. The van der Waals surface area contributed by atoms with Crippen molar-refractivity contribution in [1.29, 1.82) is 0 Å². The van der Waals surface area contributed by atoms with E-state index < -0.39 is 0 Å². The fourth-order valence-corrected chi connectivity index (χ4v) is 1.78. The molecule has 1 aliphatic rings. The quantitative estimate of drug-likeness (QED) is 0.750. The van der Waals surface area contributed by atoms with Crippen LogP contribution in [-0.2, 0) is 25.7 Å².